The lowest BCUT2D eigenvalue weighted by atomic mass is 9.89. The van der Waals surface area contributed by atoms with Crippen molar-refractivity contribution in [2.75, 3.05) is 0 Å². The Labute approximate surface area is 113 Å². The summed E-state index contributed by atoms with van der Waals surface area (Å²) in [6, 6.07) is 5.82. The molecule has 3 heteroatoms. The molecular formula is C16H20O3. The van der Waals surface area contributed by atoms with Crippen LogP contribution >= 0.6 is 0 Å². The van der Waals surface area contributed by atoms with Gasteiger partial charge < -0.3 is 14.6 Å². The standard InChI is InChI=1S/C16H20O3/c1-11-2-6-13(7-3-11)18-14-8-4-12-5-9-16(17)19-15(12)10-14/h4-5,8-11,13,16-17H,2-3,6-7H2,1H3. The fraction of sp³-hybridized carbons (Fsp3) is 0.500. The largest absolute Gasteiger partial charge is 0.490 e. The summed E-state index contributed by atoms with van der Waals surface area (Å²) < 4.78 is 11.4. The molecule has 1 saturated carbocycles. The molecule has 0 radical (unpaired) electrons. The van der Waals surface area contributed by atoms with E-state index in [9.17, 15) is 5.11 Å². The van der Waals surface area contributed by atoms with Gasteiger partial charge in [0.05, 0.1) is 6.10 Å². The predicted molar refractivity (Wildman–Crippen MR) is 74.2 cm³/mol. The normalized spacial score (nSPS) is 29.5. The molecule has 1 atom stereocenters. The van der Waals surface area contributed by atoms with Crippen LogP contribution in [-0.2, 0) is 0 Å². The summed E-state index contributed by atoms with van der Waals surface area (Å²) in [6.07, 6.45) is 7.71. The Hall–Kier alpha value is -1.48. The van der Waals surface area contributed by atoms with Crippen LogP contribution in [0.4, 0.5) is 0 Å². The van der Waals surface area contributed by atoms with Crippen molar-refractivity contribution in [3.05, 3.63) is 29.8 Å². The molecule has 102 valence electrons. The van der Waals surface area contributed by atoms with Gasteiger partial charge in [0.1, 0.15) is 11.5 Å². The molecule has 1 N–H and O–H groups in total. The van der Waals surface area contributed by atoms with Gasteiger partial charge >= 0.3 is 0 Å². The van der Waals surface area contributed by atoms with Crippen LogP contribution in [0.3, 0.4) is 0 Å². The van der Waals surface area contributed by atoms with Gasteiger partial charge in [0.2, 0.25) is 6.29 Å². The first-order valence-corrected chi connectivity index (χ1v) is 7.04. The van der Waals surface area contributed by atoms with E-state index in [0.717, 1.165) is 30.1 Å². The van der Waals surface area contributed by atoms with Crippen LogP contribution in [0.2, 0.25) is 0 Å². The van der Waals surface area contributed by atoms with Gasteiger partial charge in [-0.2, -0.15) is 0 Å². The van der Waals surface area contributed by atoms with Crippen LogP contribution in [0, 0.1) is 5.92 Å². The number of benzene rings is 1. The van der Waals surface area contributed by atoms with E-state index < -0.39 is 6.29 Å². The van der Waals surface area contributed by atoms with Crippen LogP contribution in [0.5, 0.6) is 11.5 Å². The molecule has 2 aliphatic rings. The first-order valence-electron chi connectivity index (χ1n) is 7.04. The van der Waals surface area contributed by atoms with Crippen LogP contribution in [0.25, 0.3) is 6.08 Å². The maximum Gasteiger partial charge on any atom is 0.217 e. The van der Waals surface area contributed by atoms with E-state index in [4.69, 9.17) is 9.47 Å². The predicted octanol–water partition coefficient (Wildman–Crippen LogP) is 3.37. The molecule has 1 aromatic carbocycles. The fourth-order valence-electron chi connectivity index (χ4n) is 2.72. The lowest BCUT2D eigenvalue weighted by molar-refractivity contribution is 0.0227. The summed E-state index contributed by atoms with van der Waals surface area (Å²) in [5.41, 5.74) is 0.981. The second kappa shape index (κ2) is 5.25. The summed E-state index contributed by atoms with van der Waals surface area (Å²) in [5, 5.41) is 9.45. The minimum atomic E-state index is -0.849. The molecule has 1 unspecified atom stereocenters. The Kier molecular flexibility index (Phi) is 3.47. The number of hydrogen-bond donors (Lipinski definition) is 1. The summed E-state index contributed by atoms with van der Waals surface area (Å²) in [5.74, 6) is 2.35. The Morgan fingerprint density at radius 3 is 2.79 bits per heavy atom. The Balaban J connectivity index is 1.69. The average Bonchev–Trinajstić information content (AvgIpc) is 2.41. The van der Waals surface area contributed by atoms with Gasteiger partial charge in [-0.25, -0.2) is 0 Å². The monoisotopic (exact) mass is 260 g/mol. The van der Waals surface area contributed by atoms with Gasteiger partial charge in [-0.1, -0.05) is 6.92 Å². The summed E-state index contributed by atoms with van der Waals surface area (Å²) in [7, 11) is 0. The van der Waals surface area contributed by atoms with Gasteiger partial charge in [-0.3, -0.25) is 0 Å². The zero-order valence-corrected chi connectivity index (χ0v) is 11.2. The second-order valence-corrected chi connectivity index (χ2v) is 5.57. The third-order valence-corrected chi connectivity index (χ3v) is 3.94. The number of fused-ring (bicyclic) bond motifs is 1. The highest BCUT2D eigenvalue weighted by atomic mass is 16.6. The summed E-state index contributed by atoms with van der Waals surface area (Å²) >= 11 is 0. The van der Waals surface area contributed by atoms with Crippen molar-refractivity contribution in [2.24, 2.45) is 5.92 Å². The zero-order valence-electron chi connectivity index (χ0n) is 11.2. The van der Waals surface area contributed by atoms with Crippen molar-refractivity contribution >= 4 is 6.08 Å². The van der Waals surface area contributed by atoms with E-state index in [1.807, 2.05) is 24.3 Å². The van der Waals surface area contributed by atoms with Crippen molar-refractivity contribution in [3.8, 4) is 11.5 Å². The Morgan fingerprint density at radius 1 is 1.21 bits per heavy atom. The minimum absolute atomic E-state index is 0.318. The molecule has 1 aromatic rings. The zero-order chi connectivity index (χ0) is 13.2. The van der Waals surface area contributed by atoms with E-state index in [1.54, 1.807) is 6.08 Å². The van der Waals surface area contributed by atoms with E-state index in [1.165, 1.54) is 12.8 Å². The van der Waals surface area contributed by atoms with Crippen LogP contribution < -0.4 is 9.47 Å². The molecule has 1 fully saturated rings. The molecule has 3 rings (SSSR count). The molecule has 1 heterocycles. The van der Waals surface area contributed by atoms with Crippen molar-refractivity contribution in [1.82, 2.24) is 0 Å². The van der Waals surface area contributed by atoms with Crippen molar-refractivity contribution < 1.29 is 14.6 Å². The molecule has 0 bridgehead atoms. The smallest absolute Gasteiger partial charge is 0.217 e. The lowest BCUT2D eigenvalue weighted by Crippen LogP contribution is -2.23. The maximum atomic E-state index is 9.45. The number of aliphatic hydroxyl groups is 1. The average molecular weight is 260 g/mol. The van der Waals surface area contributed by atoms with E-state index in [0.29, 0.717) is 11.9 Å². The van der Waals surface area contributed by atoms with Gasteiger partial charge in [0, 0.05) is 11.6 Å². The first-order chi connectivity index (χ1) is 9.20. The van der Waals surface area contributed by atoms with E-state index in [2.05, 4.69) is 6.92 Å². The first kappa shape index (κ1) is 12.5. The molecule has 1 aliphatic carbocycles. The highest BCUT2D eigenvalue weighted by Crippen LogP contribution is 2.32. The van der Waals surface area contributed by atoms with Crippen LogP contribution in [-0.4, -0.2) is 17.5 Å². The van der Waals surface area contributed by atoms with E-state index in [-0.39, 0.29) is 0 Å². The van der Waals surface area contributed by atoms with E-state index >= 15 is 0 Å². The molecule has 3 nitrogen and oxygen atoms in total. The Morgan fingerprint density at radius 2 is 2.00 bits per heavy atom. The minimum Gasteiger partial charge on any atom is -0.490 e. The summed E-state index contributed by atoms with van der Waals surface area (Å²) in [4.78, 5) is 0. The second-order valence-electron chi connectivity index (χ2n) is 5.57. The van der Waals surface area contributed by atoms with Gasteiger partial charge in [-0.05, 0) is 55.9 Å². The third-order valence-electron chi connectivity index (χ3n) is 3.94. The van der Waals surface area contributed by atoms with Crippen LogP contribution in [0.1, 0.15) is 38.2 Å². The number of rotatable bonds is 2. The Bertz CT molecular complexity index is 473. The number of aliphatic hydroxyl groups excluding tert-OH is 1. The third kappa shape index (κ3) is 2.92. The topological polar surface area (TPSA) is 38.7 Å². The lowest BCUT2D eigenvalue weighted by Gasteiger charge is -2.27. The van der Waals surface area contributed by atoms with Gasteiger partial charge in [-0.15, -0.1) is 0 Å². The maximum absolute atomic E-state index is 9.45. The van der Waals surface area contributed by atoms with Crippen molar-refractivity contribution in [1.29, 1.82) is 0 Å². The molecule has 0 amide bonds. The fourth-order valence-corrected chi connectivity index (χ4v) is 2.72. The number of hydrogen-bond acceptors (Lipinski definition) is 3. The highest BCUT2D eigenvalue weighted by Gasteiger charge is 2.20. The molecule has 0 spiro atoms. The number of ether oxygens (including phenoxy) is 2. The van der Waals surface area contributed by atoms with Gasteiger partial charge in [0.15, 0.2) is 0 Å². The molecule has 0 aromatic heterocycles. The van der Waals surface area contributed by atoms with Crippen molar-refractivity contribution in [2.45, 2.75) is 45.0 Å². The molecule has 0 saturated heterocycles. The molecular weight excluding hydrogens is 240 g/mol. The molecule has 19 heavy (non-hydrogen) atoms. The van der Waals surface area contributed by atoms with Gasteiger partial charge in [0.25, 0.3) is 0 Å². The molecule has 1 aliphatic heterocycles. The van der Waals surface area contributed by atoms with Crippen molar-refractivity contribution in [3.63, 3.8) is 0 Å². The quantitative estimate of drug-likeness (QED) is 0.886. The SMILES string of the molecule is CC1CCC(Oc2ccc3c(c2)OC(O)C=C3)CC1. The summed E-state index contributed by atoms with van der Waals surface area (Å²) in [6.45, 7) is 2.30. The highest BCUT2D eigenvalue weighted by molar-refractivity contribution is 5.61. The van der Waals surface area contributed by atoms with Crippen LogP contribution in [0.15, 0.2) is 24.3 Å².